The molecule has 11 aromatic carbocycles. The number of benzene rings is 11. The van der Waals surface area contributed by atoms with Crippen molar-refractivity contribution < 1.29 is 0 Å². The zero-order valence-corrected chi connectivity index (χ0v) is 37.1. The number of nitrogens with zero attached hydrogens (tertiary/aromatic N) is 2. The van der Waals surface area contributed by atoms with Crippen LogP contribution in [0.25, 0.3) is 60.5 Å². The SMILES string of the molecule is c1ccc(N(c2ccccc2)c2ccc(-n3c4cc5c(cc4c4c6ccccc6ccc43)C3(c4ccccc4-c4ccccc43)c3ccccc3C53c4ccccc4-c4ccccc43)cc2)cc1. The lowest BCUT2D eigenvalue weighted by Crippen LogP contribution is -2.43. The van der Waals surface area contributed by atoms with E-state index in [1.807, 2.05) is 0 Å². The first-order valence-electron chi connectivity index (χ1n) is 23.8. The van der Waals surface area contributed by atoms with E-state index in [9.17, 15) is 0 Å². The van der Waals surface area contributed by atoms with Gasteiger partial charge in [-0.1, -0.05) is 188 Å². The second kappa shape index (κ2) is 13.9. The molecule has 12 aromatic rings. The smallest absolute Gasteiger partial charge is 0.0720 e. The van der Waals surface area contributed by atoms with Gasteiger partial charge in [-0.05, 0) is 144 Å². The van der Waals surface area contributed by atoms with E-state index in [4.69, 9.17) is 0 Å². The molecule has 0 saturated carbocycles. The molecule has 15 rings (SSSR count). The Kier molecular flexibility index (Phi) is 7.67. The maximum absolute atomic E-state index is 2.64. The maximum Gasteiger partial charge on any atom is 0.0720 e. The van der Waals surface area contributed by atoms with Gasteiger partial charge in [-0.2, -0.15) is 0 Å². The Morgan fingerprint density at radius 1 is 0.279 bits per heavy atom. The van der Waals surface area contributed by atoms with Crippen LogP contribution in [-0.2, 0) is 10.8 Å². The van der Waals surface area contributed by atoms with E-state index in [-0.39, 0.29) is 0 Å². The van der Waals surface area contributed by atoms with Crippen LogP contribution < -0.4 is 4.90 Å². The van der Waals surface area contributed by atoms with Crippen molar-refractivity contribution >= 4 is 49.6 Å². The highest BCUT2D eigenvalue weighted by molar-refractivity contribution is 6.22. The molecule has 0 saturated heterocycles. The number of fused-ring (bicyclic) bond motifs is 21. The zero-order valence-electron chi connectivity index (χ0n) is 37.1. The number of para-hydroxylation sites is 2. The third-order valence-electron chi connectivity index (χ3n) is 15.6. The van der Waals surface area contributed by atoms with Crippen molar-refractivity contribution in [3.05, 3.63) is 299 Å². The van der Waals surface area contributed by atoms with Gasteiger partial charge in [0.1, 0.15) is 0 Å². The van der Waals surface area contributed by atoms with Gasteiger partial charge in [0.05, 0.1) is 21.9 Å². The first-order chi connectivity index (χ1) is 33.8. The third-order valence-corrected chi connectivity index (χ3v) is 15.6. The van der Waals surface area contributed by atoms with E-state index >= 15 is 0 Å². The van der Waals surface area contributed by atoms with E-state index in [0.717, 1.165) is 22.7 Å². The lowest BCUT2D eigenvalue weighted by molar-refractivity contribution is 0.634. The summed E-state index contributed by atoms with van der Waals surface area (Å²) in [7, 11) is 0. The van der Waals surface area contributed by atoms with Crippen LogP contribution in [0.15, 0.2) is 255 Å². The van der Waals surface area contributed by atoms with Crippen LogP contribution in [-0.4, -0.2) is 4.57 Å². The Morgan fingerprint density at radius 2 is 0.691 bits per heavy atom. The Labute approximate surface area is 395 Å². The van der Waals surface area contributed by atoms with Gasteiger partial charge in [-0.25, -0.2) is 0 Å². The molecular formula is C66H42N2. The second-order valence-electron chi connectivity index (χ2n) is 18.7. The molecule has 68 heavy (non-hydrogen) atoms. The van der Waals surface area contributed by atoms with Gasteiger partial charge in [0, 0.05) is 33.5 Å². The van der Waals surface area contributed by atoms with Crippen LogP contribution in [0.4, 0.5) is 17.1 Å². The highest BCUT2D eigenvalue weighted by atomic mass is 15.1. The van der Waals surface area contributed by atoms with Crippen LogP contribution in [0.1, 0.15) is 44.5 Å². The second-order valence-corrected chi connectivity index (χ2v) is 18.7. The summed E-state index contributed by atoms with van der Waals surface area (Å²) in [6, 6.07) is 95.7. The van der Waals surface area contributed by atoms with Gasteiger partial charge in [-0.3, -0.25) is 0 Å². The van der Waals surface area contributed by atoms with Crippen LogP contribution >= 0.6 is 0 Å². The molecule has 2 heteroatoms. The molecule has 0 N–H and O–H groups in total. The molecule has 2 spiro atoms. The van der Waals surface area contributed by atoms with Crippen LogP contribution in [0, 0.1) is 0 Å². The first kappa shape index (κ1) is 37.5. The van der Waals surface area contributed by atoms with Crippen LogP contribution in [0.5, 0.6) is 0 Å². The molecule has 0 aliphatic heterocycles. The number of hydrogen-bond donors (Lipinski definition) is 0. The van der Waals surface area contributed by atoms with Crippen LogP contribution in [0.2, 0.25) is 0 Å². The van der Waals surface area contributed by atoms with Crippen molar-refractivity contribution in [1.29, 1.82) is 0 Å². The molecule has 1 heterocycles. The average Bonchev–Trinajstić information content (AvgIpc) is 4.01. The molecule has 0 unspecified atom stereocenters. The lowest BCUT2D eigenvalue weighted by Gasteiger charge is -2.49. The van der Waals surface area contributed by atoms with Crippen LogP contribution in [0.3, 0.4) is 0 Å². The molecule has 2 nitrogen and oxygen atoms in total. The molecule has 3 aliphatic carbocycles. The summed E-state index contributed by atoms with van der Waals surface area (Å²) in [5.41, 5.74) is 21.6. The molecule has 0 fully saturated rings. The first-order valence-corrected chi connectivity index (χ1v) is 23.8. The van der Waals surface area contributed by atoms with E-state index in [2.05, 4.69) is 264 Å². The van der Waals surface area contributed by atoms with Crippen molar-refractivity contribution in [2.24, 2.45) is 0 Å². The number of rotatable bonds is 4. The maximum atomic E-state index is 2.64. The summed E-state index contributed by atoms with van der Waals surface area (Å²) >= 11 is 0. The fourth-order valence-corrected chi connectivity index (χ4v) is 13.1. The summed E-state index contributed by atoms with van der Waals surface area (Å²) in [5.74, 6) is 0. The highest BCUT2D eigenvalue weighted by Gasteiger charge is 2.59. The van der Waals surface area contributed by atoms with E-state index in [1.54, 1.807) is 0 Å². The Balaban J connectivity index is 1.10. The van der Waals surface area contributed by atoms with Crippen molar-refractivity contribution in [3.8, 4) is 27.9 Å². The average molecular weight is 863 g/mol. The molecule has 0 bridgehead atoms. The predicted octanol–water partition coefficient (Wildman–Crippen LogP) is 16.4. The van der Waals surface area contributed by atoms with E-state index in [0.29, 0.717) is 0 Å². The Morgan fingerprint density at radius 3 is 1.21 bits per heavy atom. The lowest BCUT2D eigenvalue weighted by atomic mass is 9.52. The number of aromatic nitrogens is 1. The van der Waals surface area contributed by atoms with E-state index in [1.165, 1.54) is 99.3 Å². The van der Waals surface area contributed by atoms with Crippen molar-refractivity contribution in [2.45, 2.75) is 10.8 Å². The highest BCUT2D eigenvalue weighted by Crippen LogP contribution is 2.68. The fourth-order valence-electron chi connectivity index (χ4n) is 13.1. The number of hydrogen-bond acceptors (Lipinski definition) is 1. The Bertz CT molecular complexity index is 3900. The van der Waals surface area contributed by atoms with Gasteiger partial charge in [0.2, 0.25) is 0 Å². The standard InChI is InChI=1S/C66H42N2/c1-3-20-44(21-4-1)67(45-22-5-2-6-23-45)46-36-38-47(39-37-46)68-62-40-35-43-19-7-8-24-48(43)64(62)53-41-60-61(42-63(53)68)66(56-31-15-11-27-51(56)52-28-12-16-32-57(52)66)59-34-18-17-33-58(59)65(60)54-29-13-9-25-49(54)50-26-10-14-30-55(50)65/h1-42H. The largest absolute Gasteiger partial charge is 0.311 e. The summed E-state index contributed by atoms with van der Waals surface area (Å²) in [4.78, 5) is 2.34. The predicted molar refractivity (Wildman–Crippen MR) is 281 cm³/mol. The summed E-state index contributed by atoms with van der Waals surface area (Å²) in [6.07, 6.45) is 0. The molecule has 316 valence electrons. The van der Waals surface area contributed by atoms with Crippen molar-refractivity contribution in [1.82, 2.24) is 4.57 Å². The minimum absolute atomic E-state index is 0.579. The minimum atomic E-state index is -0.593. The van der Waals surface area contributed by atoms with Gasteiger partial charge in [0.25, 0.3) is 0 Å². The van der Waals surface area contributed by atoms with Crippen molar-refractivity contribution in [3.63, 3.8) is 0 Å². The monoisotopic (exact) mass is 862 g/mol. The fraction of sp³-hybridized carbons (Fsp3) is 0.0303. The molecular weight excluding hydrogens is 821 g/mol. The van der Waals surface area contributed by atoms with Crippen molar-refractivity contribution in [2.75, 3.05) is 4.90 Å². The quantitative estimate of drug-likeness (QED) is 0.171. The van der Waals surface area contributed by atoms with Gasteiger partial charge < -0.3 is 9.47 Å². The number of anilines is 3. The van der Waals surface area contributed by atoms with Gasteiger partial charge in [0.15, 0.2) is 0 Å². The van der Waals surface area contributed by atoms with E-state index < -0.39 is 10.8 Å². The molecule has 3 aliphatic rings. The summed E-state index contributed by atoms with van der Waals surface area (Å²) in [5, 5.41) is 5.02. The molecule has 1 aromatic heterocycles. The third kappa shape index (κ3) is 4.71. The van der Waals surface area contributed by atoms with Gasteiger partial charge in [-0.15, -0.1) is 0 Å². The topological polar surface area (TPSA) is 8.17 Å². The van der Waals surface area contributed by atoms with Gasteiger partial charge >= 0.3 is 0 Å². The molecule has 0 atom stereocenters. The summed E-state index contributed by atoms with van der Waals surface area (Å²) < 4.78 is 2.54. The normalized spacial score (nSPS) is 14.1. The zero-order chi connectivity index (χ0) is 44.6. The summed E-state index contributed by atoms with van der Waals surface area (Å²) in [6.45, 7) is 0. The minimum Gasteiger partial charge on any atom is -0.311 e. The Hall–Kier alpha value is -8.72. The molecule has 0 amide bonds. The molecule has 0 radical (unpaired) electrons.